The fourth-order valence-electron chi connectivity index (χ4n) is 1.93. The summed E-state index contributed by atoms with van der Waals surface area (Å²) >= 11 is 11.9. The molecule has 2 aromatic carbocycles. The lowest BCUT2D eigenvalue weighted by Gasteiger charge is -2.22. The lowest BCUT2D eigenvalue weighted by Crippen LogP contribution is -2.37. The van der Waals surface area contributed by atoms with Gasteiger partial charge in [-0.3, -0.25) is 9.10 Å². The molecule has 0 aliphatic rings. The van der Waals surface area contributed by atoms with Gasteiger partial charge in [-0.15, -0.1) is 0 Å². The van der Waals surface area contributed by atoms with Crippen LogP contribution >= 0.6 is 23.2 Å². The number of amides is 1. The van der Waals surface area contributed by atoms with E-state index in [9.17, 15) is 17.6 Å². The first-order valence-electron chi connectivity index (χ1n) is 6.65. The fourth-order valence-corrected chi connectivity index (χ4v) is 3.28. The highest BCUT2D eigenvalue weighted by Gasteiger charge is 2.21. The minimum absolute atomic E-state index is 0.166. The summed E-state index contributed by atoms with van der Waals surface area (Å²) in [6, 6.07) is 9.45. The normalized spacial score (nSPS) is 11.2. The van der Waals surface area contributed by atoms with Crippen LogP contribution in [0, 0.1) is 5.82 Å². The van der Waals surface area contributed by atoms with Crippen LogP contribution in [0.15, 0.2) is 42.5 Å². The van der Waals surface area contributed by atoms with Crippen molar-refractivity contribution in [3.63, 3.8) is 0 Å². The van der Waals surface area contributed by atoms with E-state index in [2.05, 4.69) is 5.32 Å². The molecule has 9 heteroatoms. The molecule has 0 heterocycles. The van der Waals surface area contributed by atoms with E-state index in [0.717, 1.165) is 22.7 Å². The lowest BCUT2D eigenvalue weighted by molar-refractivity contribution is -0.114. The van der Waals surface area contributed by atoms with Gasteiger partial charge < -0.3 is 5.32 Å². The average molecular weight is 391 g/mol. The van der Waals surface area contributed by atoms with E-state index in [4.69, 9.17) is 23.2 Å². The maximum Gasteiger partial charge on any atom is 0.245 e. The Balaban J connectivity index is 2.24. The van der Waals surface area contributed by atoms with Crippen molar-refractivity contribution < 1.29 is 17.6 Å². The molecule has 0 atom stereocenters. The summed E-state index contributed by atoms with van der Waals surface area (Å²) in [5, 5.41) is 2.93. The molecule has 0 bridgehead atoms. The number of carbonyl (C=O) groups excluding carboxylic acids is 1. The van der Waals surface area contributed by atoms with Gasteiger partial charge in [0.2, 0.25) is 15.9 Å². The Morgan fingerprint density at radius 3 is 2.17 bits per heavy atom. The largest absolute Gasteiger partial charge is 0.322 e. The van der Waals surface area contributed by atoms with E-state index in [0.29, 0.717) is 0 Å². The van der Waals surface area contributed by atoms with Crippen LogP contribution in [0.5, 0.6) is 0 Å². The van der Waals surface area contributed by atoms with E-state index in [1.165, 1.54) is 24.3 Å². The molecule has 0 saturated carbocycles. The Kier molecular flexibility index (Phi) is 5.69. The second-order valence-electron chi connectivity index (χ2n) is 4.89. The van der Waals surface area contributed by atoms with Gasteiger partial charge in [0.05, 0.1) is 27.7 Å². The molecular formula is C15H13Cl2FN2O3S. The molecule has 1 N–H and O–H groups in total. The maximum absolute atomic E-state index is 13.0. The summed E-state index contributed by atoms with van der Waals surface area (Å²) in [6.07, 6.45) is 0.951. The number of para-hydroxylation sites is 1. The van der Waals surface area contributed by atoms with Gasteiger partial charge in [-0.05, 0) is 36.4 Å². The van der Waals surface area contributed by atoms with Crippen molar-refractivity contribution in [1.82, 2.24) is 0 Å². The van der Waals surface area contributed by atoms with E-state index >= 15 is 0 Å². The van der Waals surface area contributed by atoms with Crippen LogP contribution < -0.4 is 9.62 Å². The second kappa shape index (κ2) is 7.38. The van der Waals surface area contributed by atoms with Crippen molar-refractivity contribution in [3.8, 4) is 0 Å². The summed E-state index contributed by atoms with van der Waals surface area (Å²) in [5.41, 5.74) is 0.359. The van der Waals surface area contributed by atoms with Crippen LogP contribution in [-0.2, 0) is 14.8 Å². The molecule has 0 aromatic heterocycles. The number of carbonyl (C=O) groups is 1. The molecule has 0 aliphatic carbocycles. The Morgan fingerprint density at radius 1 is 1.12 bits per heavy atom. The molecule has 0 radical (unpaired) electrons. The Hall–Kier alpha value is -1.83. The number of rotatable bonds is 5. The summed E-state index contributed by atoms with van der Waals surface area (Å²) in [5.74, 6) is -1.15. The molecule has 0 saturated heterocycles. The van der Waals surface area contributed by atoms with E-state index in [1.807, 2.05) is 0 Å². The van der Waals surface area contributed by atoms with Gasteiger partial charge in [0.1, 0.15) is 12.4 Å². The zero-order valence-electron chi connectivity index (χ0n) is 12.5. The molecule has 1 amide bonds. The third-order valence-corrected chi connectivity index (χ3v) is 4.80. The topological polar surface area (TPSA) is 66.5 Å². The molecule has 5 nitrogen and oxygen atoms in total. The van der Waals surface area contributed by atoms with Crippen molar-refractivity contribution in [2.24, 2.45) is 0 Å². The summed E-state index contributed by atoms with van der Waals surface area (Å²) in [6.45, 7) is -0.508. The Labute approximate surface area is 149 Å². The molecule has 0 fully saturated rings. The quantitative estimate of drug-likeness (QED) is 0.848. The number of nitrogens with zero attached hydrogens (tertiary/aromatic N) is 1. The van der Waals surface area contributed by atoms with Gasteiger partial charge in [-0.1, -0.05) is 29.3 Å². The minimum Gasteiger partial charge on any atom is -0.322 e. The minimum atomic E-state index is -3.75. The molecule has 128 valence electrons. The highest BCUT2D eigenvalue weighted by Crippen LogP contribution is 2.30. The number of nitrogens with one attached hydrogen (secondary N) is 1. The zero-order chi connectivity index (χ0) is 17.9. The first-order valence-corrected chi connectivity index (χ1v) is 9.26. The maximum atomic E-state index is 13.0. The van der Waals surface area contributed by atoms with E-state index in [1.54, 1.807) is 6.07 Å². The van der Waals surface area contributed by atoms with Crippen molar-refractivity contribution >= 4 is 50.5 Å². The lowest BCUT2D eigenvalue weighted by atomic mass is 10.3. The van der Waals surface area contributed by atoms with Crippen LogP contribution in [0.3, 0.4) is 0 Å². The highest BCUT2D eigenvalue weighted by molar-refractivity contribution is 7.92. The monoisotopic (exact) mass is 390 g/mol. The van der Waals surface area contributed by atoms with Crippen LogP contribution in [0.4, 0.5) is 15.8 Å². The van der Waals surface area contributed by atoms with Crippen LogP contribution in [0.2, 0.25) is 10.0 Å². The summed E-state index contributed by atoms with van der Waals surface area (Å²) in [7, 11) is -3.75. The van der Waals surface area contributed by atoms with Gasteiger partial charge in [-0.2, -0.15) is 0 Å². The van der Waals surface area contributed by atoms with Gasteiger partial charge in [0.25, 0.3) is 0 Å². The molecule has 0 spiro atoms. The first kappa shape index (κ1) is 18.5. The highest BCUT2D eigenvalue weighted by atomic mass is 35.5. The molecular weight excluding hydrogens is 378 g/mol. The van der Waals surface area contributed by atoms with E-state index < -0.39 is 28.3 Å². The SMILES string of the molecule is CS(=O)(=O)N(CC(=O)Nc1c(Cl)cccc1Cl)c1ccc(F)cc1. The van der Waals surface area contributed by atoms with Gasteiger partial charge in [0, 0.05) is 0 Å². The molecule has 0 aliphatic heterocycles. The average Bonchev–Trinajstić information content (AvgIpc) is 2.49. The molecule has 24 heavy (non-hydrogen) atoms. The van der Waals surface area contributed by atoms with E-state index in [-0.39, 0.29) is 21.4 Å². The predicted octanol–water partition coefficient (Wildman–Crippen LogP) is 3.54. The smallest absolute Gasteiger partial charge is 0.245 e. The number of sulfonamides is 1. The van der Waals surface area contributed by atoms with Gasteiger partial charge >= 0.3 is 0 Å². The van der Waals surface area contributed by atoms with Crippen molar-refractivity contribution in [3.05, 3.63) is 58.3 Å². The number of benzene rings is 2. The number of hydrogen-bond acceptors (Lipinski definition) is 3. The summed E-state index contributed by atoms with van der Waals surface area (Å²) < 4.78 is 37.7. The van der Waals surface area contributed by atoms with Crippen LogP contribution in [0.1, 0.15) is 0 Å². The first-order chi connectivity index (χ1) is 11.2. The molecule has 0 unspecified atom stereocenters. The van der Waals surface area contributed by atoms with Gasteiger partial charge in [0.15, 0.2) is 0 Å². The standard InChI is InChI=1S/C15H13Cl2FN2O3S/c1-24(22,23)20(11-7-5-10(18)6-8-11)9-14(21)19-15-12(16)3-2-4-13(15)17/h2-8H,9H2,1H3,(H,19,21). The molecule has 2 aromatic rings. The fraction of sp³-hybridized carbons (Fsp3) is 0.133. The number of halogens is 3. The van der Waals surface area contributed by atoms with Crippen LogP contribution in [-0.4, -0.2) is 27.1 Å². The van der Waals surface area contributed by atoms with Gasteiger partial charge in [-0.25, -0.2) is 12.8 Å². The Bertz CT molecular complexity index is 837. The third kappa shape index (κ3) is 4.59. The summed E-state index contributed by atoms with van der Waals surface area (Å²) in [4.78, 5) is 12.2. The number of anilines is 2. The third-order valence-electron chi connectivity index (χ3n) is 3.03. The predicted molar refractivity (Wildman–Crippen MR) is 93.7 cm³/mol. The van der Waals surface area contributed by atoms with Crippen molar-refractivity contribution in [1.29, 1.82) is 0 Å². The Morgan fingerprint density at radius 2 is 1.67 bits per heavy atom. The zero-order valence-corrected chi connectivity index (χ0v) is 14.8. The van der Waals surface area contributed by atoms with Crippen molar-refractivity contribution in [2.45, 2.75) is 0 Å². The second-order valence-corrected chi connectivity index (χ2v) is 7.61. The number of hydrogen-bond donors (Lipinski definition) is 1. The molecule has 2 rings (SSSR count). The van der Waals surface area contributed by atoms with Crippen molar-refractivity contribution in [2.75, 3.05) is 22.4 Å². The van der Waals surface area contributed by atoms with Crippen LogP contribution in [0.25, 0.3) is 0 Å².